The highest BCUT2D eigenvalue weighted by Crippen LogP contribution is 2.36. The van der Waals surface area contributed by atoms with E-state index in [-0.39, 0.29) is 0 Å². The van der Waals surface area contributed by atoms with Crippen LogP contribution in [0, 0.1) is 11.8 Å². The summed E-state index contributed by atoms with van der Waals surface area (Å²) in [6, 6.07) is 1.75. The van der Waals surface area contributed by atoms with Crippen LogP contribution in [0.25, 0.3) is 0 Å². The van der Waals surface area contributed by atoms with Crippen LogP contribution in [0.4, 0.5) is 0 Å². The highest BCUT2D eigenvalue weighted by Gasteiger charge is 2.35. The first-order valence-corrected chi connectivity index (χ1v) is 8.13. The van der Waals surface area contributed by atoms with Gasteiger partial charge in [0.1, 0.15) is 0 Å². The van der Waals surface area contributed by atoms with Gasteiger partial charge in [-0.05, 0) is 70.4 Å². The van der Waals surface area contributed by atoms with Crippen LogP contribution < -0.4 is 5.32 Å². The van der Waals surface area contributed by atoms with E-state index in [1.54, 1.807) is 0 Å². The average molecular weight is 252 g/mol. The van der Waals surface area contributed by atoms with Crippen molar-refractivity contribution in [2.45, 2.75) is 71.4 Å². The van der Waals surface area contributed by atoms with Gasteiger partial charge in [-0.3, -0.25) is 4.90 Å². The lowest BCUT2D eigenvalue weighted by atomic mass is 10.1. The van der Waals surface area contributed by atoms with Crippen LogP contribution in [0.15, 0.2) is 0 Å². The minimum absolute atomic E-state index is 0.778. The minimum Gasteiger partial charge on any atom is -0.316 e. The van der Waals surface area contributed by atoms with Crippen LogP contribution in [-0.4, -0.2) is 36.6 Å². The van der Waals surface area contributed by atoms with Crippen LogP contribution in [0.5, 0.6) is 0 Å². The summed E-state index contributed by atoms with van der Waals surface area (Å²) in [7, 11) is 0. The monoisotopic (exact) mass is 252 g/mol. The fourth-order valence-corrected chi connectivity index (χ4v) is 2.77. The Morgan fingerprint density at radius 1 is 1.11 bits per heavy atom. The molecule has 2 rings (SSSR count). The Morgan fingerprint density at radius 2 is 1.83 bits per heavy atom. The Labute approximate surface area is 114 Å². The summed E-state index contributed by atoms with van der Waals surface area (Å²) in [5, 5.41) is 3.56. The Balaban J connectivity index is 1.57. The van der Waals surface area contributed by atoms with Crippen molar-refractivity contribution in [3.63, 3.8) is 0 Å². The van der Waals surface area contributed by atoms with E-state index in [2.05, 4.69) is 31.0 Å². The van der Waals surface area contributed by atoms with E-state index in [0.29, 0.717) is 0 Å². The lowest BCUT2D eigenvalue weighted by molar-refractivity contribution is 0.179. The summed E-state index contributed by atoms with van der Waals surface area (Å²) in [5.41, 5.74) is 0. The summed E-state index contributed by atoms with van der Waals surface area (Å²) in [5.74, 6) is 1.83. The molecule has 2 nitrogen and oxygen atoms in total. The molecule has 2 fully saturated rings. The van der Waals surface area contributed by atoms with Gasteiger partial charge in [-0.1, -0.05) is 13.8 Å². The van der Waals surface area contributed by atoms with Gasteiger partial charge in [0.15, 0.2) is 0 Å². The molecule has 1 atom stereocenters. The van der Waals surface area contributed by atoms with Crippen LogP contribution in [0.1, 0.15) is 59.3 Å². The lowest BCUT2D eigenvalue weighted by Gasteiger charge is -2.29. The van der Waals surface area contributed by atoms with Gasteiger partial charge in [-0.15, -0.1) is 0 Å². The molecule has 0 radical (unpaired) electrons. The second-order valence-electron chi connectivity index (χ2n) is 6.96. The first-order chi connectivity index (χ1) is 8.66. The molecule has 2 heteroatoms. The number of rotatable bonds is 10. The molecule has 0 amide bonds. The van der Waals surface area contributed by atoms with Crippen molar-refractivity contribution in [2.24, 2.45) is 11.8 Å². The molecule has 1 unspecified atom stereocenters. The highest BCUT2D eigenvalue weighted by molar-refractivity contribution is 4.90. The molecule has 0 saturated heterocycles. The zero-order valence-corrected chi connectivity index (χ0v) is 12.6. The lowest BCUT2D eigenvalue weighted by Crippen LogP contribution is -2.37. The van der Waals surface area contributed by atoms with E-state index in [1.165, 1.54) is 58.2 Å². The van der Waals surface area contributed by atoms with Gasteiger partial charge in [-0.25, -0.2) is 0 Å². The molecule has 0 bridgehead atoms. The molecule has 2 aliphatic rings. The van der Waals surface area contributed by atoms with Gasteiger partial charge in [0.25, 0.3) is 0 Å². The molecule has 0 spiro atoms. The van der Waals surface area contributed by atoms with E-state index >= 15 is 0 Å². The van der Waals surface area contributed by atoms with Crippen molar-refractivity contribution in [3.05, 3.63) is 0 Å². The van der Waals surface area contributed by atoms with Gasteiger partial charge in [0.2, 0.25) is 0 Å². The van der Waals surface area contributed by atoms with Gasteiger partial charge in [0, 0.05) is 18.6 Å². The molecule has 106 valence electrons. The molecule has 0 aromatic rings. The molecule has 0 aromatic heterocycles. The Hall–Kier alpha value is -0.0800. The van der Waals surface area contributed by atoms with Crippen LogP contribution >= 0.6 is 0 Å². The molecule has 18 heavy (non-hydrogen) atoms. The van der Waals surface area contributed by atoms with Gasteiger partial charge >= 0.3 is 0 Å². The summed E-state index contributed by atoms with van der Waals surface area (Å²) in [4.78, 5) is 2.82. The average Bonchev–Trinajstić information content (AvgIpc) is 3.16. The fraction of sp³-hybridized carbons (Fsp3) is 1.00. The molecule has 1 N–H and O–H groups in total. The quantitative estimate of drug-likeness (QED) is 0.600. The molecule has 0 aliphatic heterocycles. The Morgan fingerprint density at radius 3 is 2.39 bits per heavy atom. The zero-order valence-electron chi connectivity index (χ0n) is 12.6. The van der Waals surface area contributed by atoms with Crippen molar-refractivity contribution in [2.75, 3.05) is 19.6 Å². The highest BCUT2D eigenvalue weighted by atomic mass is 15.2. The third-order valence-corrected chi connectivity index (χ3v) is 4.28. The van der Waals surface area contributed by atoms with E-state index in [1.807, 2.05) is 0 Å². The van der Waals surface area contributed by atoms with E-state index in [0.717, 1.165) is 23.9 Å². The minimum atomic E-state index is 0.778. The molecular formula is C16H32N2. The van der Waals surface area contributed by atoms with E-state index in [9.17, 15) is 0 Å². The number of hydrogen-bond acceptors (Lipinski definition) is 2. The van der Waals surface area contributed by atoms with Crippen molar-refractivity contribution >= 4 is 0 Å². The summed E-state index contributed by atoms with van der Waals surface area (Å²) >= 11 is 0. The molecule has 0 aromatic carbocycles. The first kappa shape index (κ1) is 14.3. The number of nitrogens with one attached hydrogen (secondary N) is 1. The predicted molar refractivity (Wildman–Crippen MR) is 78.9 cm³/mol. The predicted octanol–water partition coefficient (Wildman–Crippen LogP) is 3.28. The third kappa shape index (κ3) is 5.27. The SMILES string of the molecule is CC(C)CNCCCC(C)N(CC1CC1)C1CC1. The first-order valence-electron chi connectivity index (χ1n) is 8.13. The van der Waals surface area contributed by atoms with Crippen LogP contribution in [0.3, 0.4) is 0 Å². The number of hydrogen-bond donors (Lipinski definition) is 1. The van der Waals surface area contributed by atoms with E-state index in [4.69, 9.17) is 0 Å². The fourth-order valence-electron chi connectivity index (χ4n) is 2.77. The standard InChI is InChI=1S/C16H32N2/c1-13(2)11-17-10-4-5-14(3)18(16-8-9-16)12-15-6-7-15/h13-17H,4-12H2,1-3H3. The maximum absolute atomic E-state index is 3.56. The maximum Gasteiger partial charge on any atom is 0.00993 e. The van der Waals surface area contributed by atoms with Gasteiger partial charge in [-0.2, -0.15) is 0 Å². The zero-order chi connectivity index (χ0) is 13.0. The largest absolute Gasteiger partial charge is 0.316 e. The summed E-state index contributed by atoms with van der Waals surface area (Å²) < 4.78 is 0. The smallest absolute Gasteiger partial charge is 0.00993 e. The van der Waals surface area contributed by atoms with Crippen LogP contribution in [-0.2, 0) is 0 Å². The summed E-state index contributed by atoms with van der Waals surface area (Å²) in [6.07, 6.45) is 8.61. The Kier molecular flexibility index (Phi) is 5.50. The van der Waals surface area contributed by atoms with Crippen LogP contribution in [0.2, 0.25) is 0 Å². The second-order valence-corrected chi connectivity index (χ2v) is 6.96. The maximum atomic E-state index is 3.56. The topological polar surface area (TPSA) is 15.3 Å². The van der Waals surface area contributed by atoms with Gasteiger partial charge in [0.05, 0.1) is 0 Å². The van der Waals surface area contributed by atoms with E-state index < -0.39 is 0 Å². The molecule has 2 saturated carbocycles. The Bertz CT molecular complexity index is 231. The van der Waals surface area contributed by atoms with Crippen molar-refractivity contribution in [1.82, 2.24) is 10.2 Å². The van der Waals surface area contributed by atoms with Crippen molar-refractivity contribution in [1.29, 1.82) is 0 Å². The second kappa shape index (κ2) is 6.91. The van der Waals surface area contributed by atoms with Crippen molar-refractivity contribution < 1.29 is 0 Å². The molecule has 0 heterocycles. The molecule has 2 aliphatic carbocycles. The third-order valence-electron chi connectivity index (χ3n) is 4.28. The normalized spacial score (nSPS) is 21.8. The summed E-state index contributed by atoms with van der Waals surface area (Å²) in [6.45, 7) is 10.8. The molecular weight excluding hydrogens is 220 g/mol. The number of nitrogens with zero attached hydrogens (tertiary/aromatic N) is 1. The van der Waals surface area contributed by atoms with Crippen molar-refractivity contribution in [3.8, 4) is 0 Å². The van der Waals surface area contributed by atoms with Gasteiger partial charge < -0.3 is 5.32 Å².